The summed E-state index contributed by atoms with van der Waals surface area (Å²) < 4.78 is 55.8. The number of amides is 2. The van der Waals surface area contributed by atoms with Crippen LogP contribution in [0.2, 0.25) is 0 Å². The van der Waals surface area contributed by atoms with Crippen LogP contribution in [0.15, 0.2) is 49.1 Å². The number of carbonyl (C=O) groups excluding carboxylic acids is 1. The smallest absolute Gasteiger partial charge is 0.479 e. The third kappa shape index (κ3) is 8.63. The van der Waals surface area contributed by atoms with Crippen LogP contribution in [0.3, 0.4) is 0 Å². The number of nitrogens with zero attached hydrogens (tertiary/aromatic N) is 4. The van der Waals surface area contributed by atoms with Crippen LogP contribution in [0.1, 0.15) is 31.6 Å². The highest BCUT2D eigenvalue weighted by Crippen LogP contribution is 2.61. The van der Waals surface area contributed by atoms with Crippen LogP contribution in [0, 0.1) is 5.92 Å². The number of urea groups is 1. The molecule has 3 aliphatic heterocycles. The minimum absolute atomic E-state index is 0.0504. The van der Waals surface area contributed by atoms with E-state index in [4.69, 9.17) is 23.0 Å². The fourth-order valence-electron chi connectivity index (χ4n) is 6.07. The van der Waals surface area contributed by atoms with Crippen molar-refractivity contribution >= 4 is 50.5 Å². The third-order valence-electron chi connectivity index (χ3n) is 8.25. The van der Waals surface area contributed by atoms with Gasteiger partial charge in [-0.3, -0.25) is 23.8 Å². The van der Waals surface area contributed by atoms with Gasteiger partial charge in [0.1, 0.15) is 30.7 Å². The largest absolute Gasteiger partial charge is 0.480 e. The van der Waals surface area contributed by atoms with Crippen LogP contribution in [-0.2, 0) is 37.0 Å². The van der Waals surface area contributed by atoms with E-state index in [1.54, 1.807) is 17.6 Å². The number of nitrogens with one attached hydrogen (secondary N) is 3. The number of benzene rings is 1. The Morgan fingerprint density at radius 2 is 1.90 bits per heavy atom. The molecule has 5 unspecified atom stereocenters. The van der Waals surface area contributed by atoms with E-state index in [-0.39, 0.29) is 23.4 Å². The molecule has 2 amide bonds. The quantitative estimate of drug-likeness (QED) is 0.138. The van der Waals surface area contributed by atoms with Crippen LogP contribution in [0.25, 0.3) is 17.2 Å². The number of imidazole rings is 1. The highest BCUT2D eigenvalue weighted by atomic mass is 31.3. The number of aromatic nitrogens is 4. The number of phosphoric ester groups is 1. The summed E-state index contributed by atoms with van der Waals surface area (Å²) in [6.45, 7) is 1.85. The van der Waals surface area contributed by atoms with Gasteiger partial charge in [-0.05, 0) is 43.9 Å². The fraction of sp³-hybridized carbons (Fsp3) is 0.483. The number of phosphoric acid groups is 1. The highest BCUT2D eigenvalue weighted by molar-refractivity contribution is 7.64. The Morgan fingerprint density at radius 3 is 2.66 bits per heavy atom. The first-order chi connectivity index (χ1) is 23.9. The maximum absolute atomic E-state index is 12.9. The van der Waals surface area contributed by atoms with E-state index >= 15 is 0 Å². The average molecular weight is 738 g/mol. The predicted octanol–water partition coefficient (Wildman–Crippen LogP) is 2.46. The molecule has 270 valence electrons. The molecule has 0 spiro atoms. The second kappa shape index (κ2) is 15.3. The third-order valence-corrected chi connectivity index (χ3v) is 11.5. The molecule has 5 heterocycles. The second-order valence-corrected chi connectivity index (χ2v) is 15.3. The van der Waals surface area contributed by atoms with Gasteiger partial charge >= 0.3 is 27.4 Å². The lowest BCUT2D eigenvalue weighted by Gasteiger charge is -2.29. The molecule has 1 aromatic carbocycles. The molecule has 3 aromatic rings. The molecule has 0 radical (unpaired) electrons. The van der Waals surface area contributed by atoms with E-state index < -0.39 is 83.0 Å². The number of piperidine rings is 1. The first kappa shape index (κ1) is 36.2. The minimum Gasteiger partial charge on any atom is -0.480 e. The molecular weight excluding hydrogens is 700 g/mol. The van der Waals surface area contributed by atoms with E-state index in [9.17, 15) is 33.6 Å². The van der Waals surface area contributed by atoms with Crippen molar-refractivity contribution in [2.24, 2.45) is 5.92 Å². The number of aliphatic carboxylic acids is 1. The Bertz CT molecular complexity index is 1810. The minimum atomic E-state index is -5.14. The average Bonchev–Trinajstić information content (AvgIpc) is 3.77. The molecule has 6 N–H and O–H groups in total. The zero-order valence-electron chi connectivity index (χ0n) is 26.7. The zero-order chi connectivity index (χ0) is 35.5. The number of anilines is 1. The molecule has 21 heteroatoms. The van der Waals surface area contributed by atoms with E-state index in [0.717, 1.165) is 5.56 Å². The topological polar surface area (TPSA) is 255 Å². The van der Waals surface area contributed by atoms with Gasteiger partial charge in [-0.2, -0.15) is 0 Å². The summed E-state index contributed by atoms with van der Waals surface area (Å²) in [6.07, 6.45) is 1.54. The first-order valence-corrected chi connectivity index (χ1v) is 19.1. The van der Waals surface area contributed by atoms with Crippen LogP contribution in [0.4, 0.5) is 10.6 Å². The zero-order valence-corrected chi connectivity index (χ0v) is 28.5. The van der Waals surface area contributed by atoms with Crippen molar-refractivity contribution in [2.45, 2.75) is 56.6 Å². The number of ether oxygens (including phenoxy) is 3. The summed E-state index contributed by atoms with van der Waals surface area (Å²) in [5.74, 6) is -1.49. The number of carbonyl (C=O) groups is 2. The summed E-state index contributed by atoms with van der Waals surface area (Å²) in [5.41, 5.74) is 1.43. The number of carboxylic acid groups (broad SMARTS) is 1. The van der Waals surface area contributed by atoms with Crippen molar-refractivity contribution in [2.75, 3.05) is 31.2 Å². The number of carboxylic acids is 1. The predicted molar refractivity (Wildman–Crippen MR) is 175 cm³/mol. The lowest BCUT2D eigenvalue weighted by atomic mass is 9.94. The van der Waals surface area contributed by atoms with Gasteiger partial charge in [0, 0.05) is 6.54 Å². The maximum atomic E-state index is 12.9. The van der Waals surface area contributed by atoms with E-state index in [0.29, 0.717) is 19.5 Å². The molecule has 0 aliphatic carbocycles. The lowest BCUT2D eigenvalue weighted by Crippen LogP contribution is -2.44. The van der Waals surface area contributed by atoms with Gasteiger partial charge in [0.25, 0.3) is 0 Å². The van der Waals surface area contributed by atoms with Crippen LogP contribution in [0.5, 0.6) is 0 Å². The molecule has 0 bridgehead atoms. The number of fused-ring (bicyclic) bond motifs is 2. The Morgan fingerprint density at radius 1 is 1.12 bits per heavy atom. The Labute approximate surface area is 285 Å². The normalized spacial score (nSPS) is 29.0. The Kier molecular flexibility index (Phi) is 11.1. The molecule has 3 aliphatic rings. The summed E-state index contributed by atoms with van der Waals surface area (Å²) in [5, 5.41) is 17.3. The van der Waals surface area contributed by atoms with Gasteiger partial charge in [-0.15, -0.1) is 0 Å². The first-order valence-electron chi connectivity index (χ1n) is 15.8. The molecule has 3 fully saturated rings. The molecule has 50 heavy (non-hydrogen) atoms. The van der Waals surface area contributed by atoms with E-state index in [1.807, 2.05) is 36.4 Å². The molecule has 19 nitrogen and oxygen atoms in total. The van der Waals surface area contributed by atoms with Crippen molar-refractivity contribution < 1.29 is 56.7 Å². The molecule has 2 aromatic heterocycles. The summed E-state index contributed by atoms with van der Waals surface area (Å²) in [7, 11) is -9.83. The van der Waals surface area contributed by atoms with Crippen molar-refractivity contribution in [1.82, 2.24) is 30.2 Å². The molecule has 6 rings (SSSR count). The standard InChI is InChI=1S/C29H37N7O12P2/c1-2-30-29(39)35-25-22-26(33-15-32-25)36(16-34-22)27-24-23(46-21(47-24)9-8-17-6-4-3-5-7-17)20(45-27)13-44-50(42,43)48-49(40,41)14-18-10-11-31-19(12-18)28(37)38/h3-9,15-16,18-21,23-24,27,31H,2,10-14H2,1H3,(H,37,38)(H,40,41)(H,42,43)(H2,30,32,33,35,39)/t18?,19?,20-,21+,23?,24+,27-/m1/s1. The molecule has 0 saturated carbocycles. The monoisotopic (exact) mass is 737 g/mol. The fourth-order valence-corrected chi connectivity index (χ4v) is 9.13. The van der Waals surface area contributed by atoms with Gasteiger partial charge in [0.15, 0.2) is 29.5 Å². The lowest BCUT2D eigenvalue weighted by molar-refractivity contribution is -0.140. The summed E-state index contributed by atoms with van der Waals surface area (Å²) >= 11 is 0. The van der Waals surface area contributed by atoms with Crippen molar-refractivity contribution in [3.05, 3.63) is 54.6 Å². The number of rotatable bonds is 13. The van der Waals surface area contributed by atoms with Gasteiger partial charge in [0.05, 0.1) is 19.1 Å². The molecular formula is C29H37N7O12P2. The van der Waals surface area contributed by atoms with E-state index in [1.165, 1.54) is 12.7 Å². The van der Waals surface area contributed by atoms with Gasteiger partial charge in [-0.1, -0.05) is 36.4 Å². The molecule has 3 saturated heterocycles. The maximum Gasteiger partial charge on any atom is 0.479 e. The van der Waals surface area contributed by atoms with E-state index in [2.05, 4.69) is 30.9 Å². The van der Waals surface area contributed by atoms with Crippen LogP contribution < -0.4 is 16.0 Å². The number of hydrogen-bond acceptors (Lipinski definition) is 13. The van der Waals surface area contributed by atoms with Gasteiger partial charge < -0.3 is 39.7 Å². The van der Waals surface area contributed by atoms with Crippen molar-refractivity contribution in [1.29, 1.82) is 0 Å². The summed E-state index contributed by atoms with van der Waals surface area (Å²) in [4.78, 5) is 57.3. The molecule has 9 atom stereocenters. The SMILES string of the molecule is CCNC(=O)Nc1ncnc2c1ncn2[C@@H]1O[C@H](COP(=O)(O)OP(=O)(O)CC2CCNC(C(=O)O)C2)C2O[C@H](C=Cc3ccccc3)O[C@@H]21. The Hall–Kier alpha value is -3.61. The summed E-state index contributed by atoms with van der Waals surface area (Å²) in [6, 6.07) is 8.04. The van der Waals surface area contributed by atoms with Crippen LogP contribution in [-0.4, -0.2) is 103 Å². The van der Waals surface area contributed by atoms with Crippen molar-refractivity contribution in [3.8, 4) is 0 Å². The van der Waals surface area contributed by atoms with Gasteiger partial charge in [-0.25, -0.2) is 28.6 Å². The Balaban J connectivity index is 1.18. The highest BCUT2D eigenvalue weighted by Gasteiger charge is 2.54. The number of hydrogen-bond donors (Lipinski definition) is 6. The van der Waals surface area contributed by atoms with Crippen molar-refractivity contribution in [3.63, 3.8) is 0 Å². The second-order valence-electron chi connectivity index (χ2n) is 11.8. The van der Waals surface area contributed by atoms with Gasteiger partial charge in [0.2, 0.25) is 0 Å². The van der Waals surface area contributed by atoms with Crippen LogP contribution >= 0.6 is 15.4 Å².